The smallest absolute Gasteiger partial charge is 0.377 e. The highest BCUT2D eigenvalue weighted by Crippen LogP contribution is 2.33. The molecule has 0 spiro atoms. The van der Waals surface area contributed by atoms with Crippen LogP contribution in [0.15, 0.2) is 21.3 Å². The van der Waals surface area contributed by atoms with Crippen LogP contribution in [0, 0.1) is 0 Å². The van der Waals surface area contributed by atoms with Gasteiger partial charge in [0.2, 0.25) is 0 Å². The third-order valence-electron chi connectivity index (χ3n) is 1.89. The fourth-order valence-corrected chi connectivity index (χ4v) is 1.53. The molecule has 2 aromatic heterocycles. The second-order valence-electron chi connectivity index (χ2n) is 2.77. The first-order chi connectivity index (χ1) is 7.13. The van der Waals surface area contributed by atoms with E-state index in [1.54, 1.807) is 6.07 Å². The number of hydrogen-bond acceptors (Lipinski definition) is 5. The van der Waals surface area contributed by atoms with Crippen molar-refractivity contribution in [2.45, 2.75) is 0 Å². The first kappa shape index (κ1) is 9.97. The van der Waals surface area contributed by atoms with Crippen molar-refractivity contribution in [1.82, 2.24) is 4.98 Å². The van der Waals surface area contributed by atoms with Gasteiger partial charge in [0.15, 0.2) is 11.3 Å². The Labute approximate surface area is 92.8 Å². The number of ether oxygens (including phenoxy) is 1. The summed E-state index contributed by atoms with van der Waals surface area (Å²) in [4.78, 5) is 15.1. The fourth-order valence-electron chi connectivity index (χ4n) is 1.20. The van der Waals surface area contributed by atoms with E-state index in [0.717, 1.165) is 0 Å². The predicted octanol–water partition coefficient (Wildman–Crippen LogP) is 2.08. The molecule has 1 N–H and O–H groups in total. The summed E-state index contributed by atoms with van der Waals surface area (Å²) in [5.74, 6) is -1.17. The fraction of sp³-hybridized carbons (Fsp3) is 0.111. The number of carbonyl (C=O) groups excluding carboxylic acids is 1. The molecule has 0 aliphatic carbocycles. The average Bonchev–Trinajstić information content (AvgIpc) is 2.55. The lowest BCUT2D eigenvalue weighted by Crippen LogP contribution is -1.98. The number of rotatable bonds is 1. The number of nitrogens with zero attached hydrogens (tertiary/aromatic N) is 1. The number of carbonyl (C=O) groups is 1. The number of aromatic nitrogens is 1. The first-order valence-electron chi connectivity index (χ1n) is 3.99. The number of esters is 1. The van der Waals surface area contributed by atoms with Crippen LogP contribution in [0.5, 0.6) is 5.75 Å². The van der Waals surface area contributed by atoms with Gasteiger partial charge in [0, 0.05) is 0 Å². The molecule has 0 saturated heterocycles. The number of pyridine rings is 1. The molecule has 78 valence electrons. The van der Waals surface area contributed by atoms with E-state index in [0.29, 0.717) is 15.6 Å². The second kappa shape index (κ2) is 3.54. The SMILES string of the molecule is COC(=O)c1oc2cnc(Br)cc2c1O. The summed E-state index contributed by atoms with van der Waals surface area (Å²) in [6.45, 7) is 0. The molecule has 0 aromatic carbocycles. The van der Waals surface area contributed by atoms with E-state index in [-0.39, 0.29) is 11.5 Å². The van der Waals surface area contributed by atoms with Gasteiger partial charge in [-0.15, -0.1) is 0 Å². The zero-order chi connectivity index (χ0) is 11.0. The quantitative estimate of drug-likeness (QED) is 0.635. The average molecular weight is 272 g/mol. The molecule has 6 heteroatoms. The lowest BCUT2D eigenvalue weighted by Gasteiger charge is -1.93. The summed E-state index contributed by atoms with van der Waals surface area (Å²) in [6, 6.07) is 1.56. The summed E-state index contributed by atoms with van der Waals surface area (Å²) in [7, 11) is 1.21. The molecular weight excluding hydrogens is 266 g/mol. The van der Waals surface area contributed by atoms with Crippen molar-refractivity contribution in [1.29, 1.82) is 0 Å². The van der Waals surface area contributed by atoms with E-state index >= 15 is 0 Å². The van der Waals surface area contributed by atoms with Crippen LogP contribution >= 0.6 is 15.9 Å². The summed E-state index contributed by atoms with van der Waals surface area (Å²) in [5.41, 5.74) is 0.330. The van der Waals surface area contributed by atoms with Crippen molar-refractivity contribution >= 4 is 32.9 Å². The van der Waals surface area contributed by atoms with Gasteiger partial charge in [0.05, 0.1) is 18.7 Å². The van der Waals surface area contributed by atoms with Crippen molar-refractivity contribution in [2.75, 3.05) is 7.11 Å². The highest BCUT2D eigenvalue weighted by molar-refractivity contribution is 9.10. The Morgan fingerprint density at radius 3 is 3.07 bits per heavy atom. The van der Waals surface area contributed by atoms with Crippen molar-refractivity contribution in [3.8, 4) is 5.75 Å². The molecule has 15 heavy (non-hydrogen) atoms. The van der Waals surface area contributed by atoms with Crippen LogP contribution < -0.4 is 0 Å². The van der Waals surface area contributed by atoms with Crippen LogP contribution in [0.1, 0.15) is 10.6 Å². The zero-order valence-corrected chi connectivity index (χ0v) is 9.24. The van der Waals surface area contributed by atoms with Crippen LogP contribution in [0.4, 0.5) is 0 Å². The Balaban J connectivity index is 2.69. The lowest BCUT2D eigenvalue weighted by molar-refractivity contribution is 0.0563. The Kier molecular flexibility index (Phi) is 2.36. The molecule has 0 bridgehead atoms. The molecule has 2 rings (SSSR count). The van der Waals surface area contributed by atoms with Gasteiger partial charge in [-0.25, -0.2) is 9.78 Å². The van der Waals surface area contributed by atoms with Gasteiger partial charge in [0.25, 0.3) is 5.76 Å². The Hall–Kier alpha value is -1.56. The van der Waals surface area contributed by atoms with Gasteiger partial charge in [-0.05, 0) is 22.0 Å². The Bertz CT molecular complexity index is 534. The standard InChI is InChI=1S/C9H6BrNO4/c1-14-9(13)8-7(12)4-2-6(10)11-3-5(4)15-8/h2-3,12H,1H3. The van der Waals surface area contributed by atoms with Crippen molar-refractivity contribution < 1.29 is 19.1 Å². The van der Waals surface area contributed by atoms with Gasteiger partial charge in [0.1, 0.15) is 4.60 Å². The van der Waals surface area contributed by atoms with E-state index < -0.39 is 5.97 Å². The minimum atomic E-state index is -0.722. The number of methoxy groups -OCH3 is 1. The van der Waals surface area contributed by atoms with Crippen molar-refractivity contribution in [3.63, 3.8) is 0 Å². The number of hydrogen-bond donors (Lipinski definition) is 1. The molecular formula is C9H6BrNO4. The normalized spacial score (nSPS) is 10.5. The summed E-state index contributed by atoms with van der Waals surface area (Å²) < 4.78 is 10.1. The van der Waals surface area contributed by atoms with E-state index in [1.807, 2.05) is 0 Å². The molecule has 0 fully saturated rings. The molecule has 2 aromatic rings. The molecule has 5 nitrogen and oxygen atoms in total. The largest absolute Gasteiger partial charge is 0.504 e. The van der Waals surface area contributed by atoms with E-state index in [2.05, 4.69) is 25.7 Å². The zero-order valence-electron chi connectivity index (χ0n) is 7.65. The summed E-state index contributed by atoms with van der Waals surface area (Å²) in [6.07, 6.45) is 1.41. The first-order valence-corrected chi connectivity index (χ1v) is 4.78. The van der Waals surface area contributed by atoms with Gasteiger partial charge < -0.3 is 14.3 Å². The highest BCUT2D eigenvalue weighted by atomic mass is 79.9. The maximum atomic E-state index is 11.2. The predicted molar refractivity (Wildman–Crippen MR) is 54.7 cm³/mol. The maximum absolute atomic E-state index is 11.2. The topological polar surface area (TPSA) is 72.6 Å². The van der Waals surface area contributed by atoms with Crippen LogP contribution in [-0.4, -0.2) is 23.2 Å². The molecule has 0 amide bonds. The second-order valence-corrected chi connectivity index (χ2v) is 3.59. The molecule has 0 unspecified atom stereocenters. The van der Waals surface area contributed by atoms with Crippen LogP contribution in [0.25, 0.3) is 11.0 Å². The number of fused-ring (bicyclic) bond motifs is 1. The molecule has 0 aliphatic heterocycles. The monoisotopic (exact) mass is 271 g/mol. The van der Waals surface area contributed by atoms with Crippen LogP contribution in [-0.2, 0) is 4.74 Å². The van der Waals surface area contributed by atoms with Gasteiger partial charge in [-0.3, -0.25) is 0 Å². The Morgan fingerprint density at radius 2 is 2.40 bits per heavy atom. The number of furan rings is 1. The minimum absolute atomic E-state index is 0.215. The van der Waals surface area contributed by atoms with Crippen molar-refractivity contribution in [2.24, 2.45) is 0 Å². The number of halogens is 1. The third kappa shape index (κ3) is 1.56. The maximum Gasteiger partial charge on any atom is 0.377 e. The van der Waals surface area contributed by atoms with E-state index in [4.69, 9.17) is 4.42 Å². The molecule has 2 heterocycles. The van der Waals surface area contributed by atoms with Gasteiger partial charge in [-0.1, -0.05) is 0 Å². The van der Waals surface area contributed by atoms with E-state index in [1.165, 1.54) is 13.3 Å². The Morgan fingerprint density at radius 1 is 1.67 bits per heavy atom. The van der Waals surface area contributed by atoms with Gasteiger partial charge in [-0.2, -0.15) is 0 Å². The molecule has 0 saturated carbocycles. The number of aromatic hydroxyl groups is 1. The molecule has 0 atom stereocenters. The van der Waals surface area contributed by atoms with Crippen LogP contribution in [0.2, 0.25) is 0 Å². The van der Waals surface area contributed by atoms with Crippen LogP contribution in [0.3, 0.4) is 0 Å². The van der Waals surface area contributed by atoms with Crippen molar-refractivity contribution in [3.05, 3.63) is 22.6 Å². The molecule has 0 radical (unpaired) electrons. The lowest BCUT2D eigenvalue weighted by atomic mass is 10.3. The van der Waals surface area contributed by atoms with E-state index in [9.17, 15) is 9.90 Å². The minimum Gasteiger partial charge on any atom is -0.504 e. The highest BCUT2D eigenvalue weighted by Gasteiger charge is 2.20. The summed E-state index contributed by atoms with van der Waals surface area (Å²) in [5, 5.41) is 10.1. The van der Waals surface area contributed by atoms with Gasteiger partial charge >= 0.3 is 5.97 Å². The summed E-state index contributed by atoms with van der Waals surface area (Å²) >= 11 is 3.15. The molecule has 0 aliphatic rings. The third-order valence-corrected chi connectivity index (χ3v) is 2.32.